The van der Waals surface area contributed by atoms with Gasteiger partial charge in [-0.05, 0) is 70.2 Å². The molecule has 0 bridgehead atoms. The zero-order chi connectivity index (χ0) is 23.9. The number of benzene rings is 2. The molecule has 9 heteroatoms. The summed E-state index contributed by atoms with van der Waals surface area (Å²) in [4.78, 5) is 15.4. The van der Waals surface area contributed by atoms with Crippen LogP contribution < -0.4 is 20.8 Å². The number of thiophene rings is 1. The van der Waals surface area contributed by atoms with Crippen LogP contribution in [0.3, 0.4) is 0 Å². The lowest BCUT2D eigenvalue weighted by Crippen LogP contribution is -2.19. The molecular formula is C25H24Br2FN3O2S. The van der Waals surface area contributed by atoms with Crippen LogP contribution in [0.25, 0.3) is 10.2 Å². The van der Waals surface area contributed by atoms with Gasteiger partial charge in [-0.1, -0.05) is 28.1 Å². The lowest BCUT2D eigenvalue weighted by atomic mass is 10.1. The Labute approximate surface area is 218 Å². The molecule has 178 valence electrons. The van der Waals surface area contributed by atoms with E-state index >= 15 is 0 Å². The summed E-state index contributed by atoms with van der Waals surface area (Å²) < 4.78 is 21.8. The monoisotopic (exact) mass is 607 g/mol. The van der Waals surface area contributed by atoms with Gasteiger partial charge in [-0.3, -0.25) is 4.79 Å². The summed E-state index contributed by atoms with van der Waals surface area (Å²) in [5.74, 6) is 1.31. The summed E-state index contributed by atoms with van der Waals surface area (Å²) in [6.45, 7) is 2.69. The molecule has 3 N–H and O–H groups in total. The van der Waals surface area contributed by atoms with E-state index in [1.165, 1.54) is 23.5 Å². The van der Waals surface area contributed by atoms with Gasteiger partial charge < -0.3 is 20.4 Å². The van der Waals surface area contributed by atoms with Crippen molar-refractivity contribution in [3.63, 3.8) is 0 Å². The molecule has 0 saturated heterocycles. The van der Waals surface area contributed by atoms with Gasteiger partial charge in [-0.2, -0.15) is 0 Å². The smallest absolute Gasteiger partial charge is 0.201 e. The number of aromatic nitrogens is 1. The molecule has 0 aliphatic rings. The van der Waals surface area contributed by atoms with Crippen LogP contribution in [0, 0.1) is 5.82 Å². The zero-order valence-corrected chi connectivity index (χ0v) is 22.3. The van der Waals surface area contributed by atoms with E-state index in [2.05, 4.69) is 47.5 Å². The molecule has 0 radical (unpaired) electrons. The number of H-pyrrole nitrogens is 1. The fourth-order valence-electron chi connectivity index (χ4n) is 3.56. The van der Waals surface area contributed by atoms with Crippen molar-refractivity contribution >= 4 is 59.2 Å². The number of hydrogen-bond acceptors (Lipinski definition) is 5. The molecule has 0 unspecified atom stereocenters. The van der Waals surface area contributed by atoms with Gasteiger partial charge in [-0.15, -0.1) is 11.3 Å². The van der Waals surface area contributed by atoms with E-state index in [-0.39, 0.29) is 11.2 Å². The highest BCUT2D eigenvalue weighted by atomic mass is 79.9. The van der Waals surface area contributed by atoms with Crippen LogP contribution in [0.4, 0.5) is 10.2 Å². The van der Waals surface area contributed by atoms with Crippen LogP contribution in [0.5, 0.6) is 5.75 Å². The van der Waals surface area contributed by atoms with Gasteiger partial charge in [0.05, 0.1) is 21.3 Å². The first-order chi connectivity index (χ1) is 16.5. The second kappa shape index (κ2) is 12.0. The summed E-state index contributed by atoms with van der Waals surface area (Å²) in [6.07, 6.45) is 1.58. The summed E-state index contributed by atoms with van der Waals surface area (Å²) in [5, 5.41) is 8.66. The number of rotatable bonds is 11. The van der Waals surface area contributed by atoms with Crippen molar-refractivity contribution in [2.24, 2.45) is 0 Å². The Kier molecular flexibility index (Phi) is 8.77. The maximum atomic E-state index is 13.1. The molecule has 34 heavy (non-hydrogen) atoms. The minimum Gasteiger partial charge on any atom is -0.492 e. The molecule has 0 saturated carbocycles. The number of ether oxygens (including phenoxy) is 1. The number of fused-ring (bicyclic) bond motifs is 1. The summed E-state index contributed by atoms with van der Waals surface area (Å²) in [7, 11) is 0. The van der Waals surface area contributed by atoms with Crippen molar-refractivity contribution in [2.45, 2.75) is 19.4 Å². The van der Waals surface area contributed by atoms with E-state index in [0.717, 1.165) is 61.4 Å². The average molecular weight is 609 g/mol. The molecule has 5 nitrogen and oxygen atoms in total. The minimum absolute atomic E-state index is 0.0385. The predicted molar refractivity (Wildman–Crippen MR) is 145 cm³/mol. The van der Waals surface area contributed by atoms with Crippen LogP contribution in [-0.2, 0) is 13.0 Å². The van der Waals surface area contributed by atoms with E-state index in [1.54, 1.807) is 18.2 Å². The Balaban J connectivity index is 1.25. The molecule has 0 aliphatic heterocycles. The molecule has 2 aromatic heterocycles. The van der Waals surface area contributed by atoms with Crippen LogP contribution in [0.15, 0.2) is 67.7 Å². The van der Waals surface area contributed by atoms with Crippen LogP contribution in [0.2, 0.25) is 0 Å². The normalized spacial score (nSPS) is 11.1. The number of anilines is 1. The van der Waals surface area contributed by atoms with Gasteiger partial charge in [0.1, 0.15) is 17.4 Å². The topological polar surface area (TPSA) is 66.2 Å². The zero-order valence-electron chi connectivity index (χ0n) is 18.3. The Morgan fingerprint density at radius 1 is 1.06 bits per heavy atom. The third kappa shape index (κ3) is 6.69. The van der Waals surface area contributed by atoms with E-state index in [4.69, 9.17) is 4.74 Å². The molecule has 2 heterocycles. The van der Waals surface area contributed by atoms with Crippen molar-refractivity contribution < 1.29 is 9.13 Å². The van der Waals surface area contributed by atoms with Crippen LogP contribution in [-0.4, -0.2) is 24.7 Å². The Morgan fingerprint density at radius 3 is 2.71 bits per heavy atom. The van der Waals surface area contributed by atoms with Gasteiger partial charge in [0, 0.05) is 35.6 Å². The number of aromatic amines is 1. The quantitative estimate of drug-likeness (QED) is 0.171. The van der Waals surface area contributed by atoms with Gasteiger partial charge in [-0.25, -0.2) is 4.39 Å². The van der Waals surface area contributed by atoms with Crippen molar-refractivity contribution in [3.05, 3.63) is 90.0 Å². The molecule has 0 aliphatic carbocycles. The predicted octanol–water partition coefficient (Wildman–Crippen LogP) is 6.47. The third-order valence-electron chi connectivity index (χ3n) is 5.23. The van der Waals surface area contributed by atoms with Crippen molar-refractivity contribution in [2.75, 3.05) is 25.0 Å². The van der Waals surface area contributed by atoms with Crippen LogP contribution >= 0.6 is 43.2 Å². The fraction of sp³-hybridized carbons (Fsp3) is 0.240. The lowest BCUT2D eigenvalue weighted by Gasteiger charge is -2.15. The van der Waals surface area contributed by atoms with E-state index in [0.29, 0.717) is 19.6 Å². The summed E-state index contributed by atoms with van der Waals surface area (Å²) >= 11 is 8.60. The Morgan fingerprint density at radius 2 is 1.88 bits per heavy atom. The van der Waals surface area contributed by atoms with E-state index in [9.17, 15) is 9.18 Å². The molecule has 2 aromatic carbocycles. The SMILES string of the molecule is O=c1cc(NCCCNCc2cc(Br)cc(Br)c2OCCc2ccc(F)cc2)[nH]c2ccsc12. The van der Waals surface area contributed by atoms with Crippen molar-refractivity contribution in [3.8, 4) is 5.75 Å². The molecular weight excluding hydrogens is 585 g/mol. The highest BCUT2D eigenvalue weighted by molar-refractivity contribution is 9.11. The van der Waals surface area contributed by atoms with Crippen molar-refractivity contribution in [1.82, 2.24) is 10.3 Å². The number of halogens is 3. The largest absolute Gasteiger partial charge is 0.492 e. The van der Waals surface area contributed by atoms with Gasteiger partial charge in [0.25, 0.3) is 0 Å². The summed E-state index contributed by atoms with van der Waals surface area (Å²) in [5.41, 5.74) is 2.98. The maximum absolute atomic E-state index is 13.1. The first kappa shape index (κ1) is 24.9. The summed E-state index contributed by atoms with van der Waals surface area (Å²) in [6, 6.07) is 14.0. The van der Waals surface area contributed by atoms with Gasteiger partial charge in [0.15, 0.2) is 0 Å². The Hall–Kier alpha value is -2.20. The molecule has 0 amide bonds. The second-order valence-corrected chi connectivity index (χ2v) is 10.5. The van der Waals surface area contributed by atoms with Crippen molar-refractivity contribution in [1.29, 1.82) is 0 Å². The highest BCUT2D eigenvalue weighted by Crippen LogP contribution is 2.33. The van der Waals surface area contributed by atoms with Crippen LogP contribution in [0.1, 0.15) is 17.5 Å². The number of nitrogens with one attached hydrogen (secondary N) is 3. The Bertz CT molecular complexity index is 1310. The molecule has 0 fully saturated rings. The van der Waals surface area contributed by atoms with Gasteiger partial charge >= 0.3 is 0 Å². The first-order valence-corrected chi connectivity index (χ1v) is 13.4. The number of pyridine rings is 1. The standard InChI is InChI=1S/C25H24Br2FN3O2S/c26-18-12-17(24(20(27)13-18)33-10-6-16-2-4-19(28)5-3-16)15-29-8-1-9-30-23-14-22(32)25-21(31-23)7-11-34-25/h2-5,7,11-14,29H,1,6,8-10,15H2,(H2,30,31,32). The minimum atomic E-state index is -0.235. The second-order valence-electron chi connectivity index (χ2n) is 7.77. The van der Waals surface area contributed by atoms with E-state index < -0.39 is 0 Å². The molecule has 0 atom stereocenters. The maximum Gasteiger partial charge on any atom is 0.201 e. The first-order valence-electron chi connectivity index (χ1n) is 10.9. The van der Waals surface area contributed by atoms with E-state index in [1.807, 2.05) is 23.6 Å². The highest BCUT2D eigenvalue weighted by Gasteiger charge is 2.11. The lowest BCUT2D eigenvalue weighted by molar-refractivity contribution is 0.315. The molecule has 4 rings (SSSR count). The van der Waals surface area contributed by atoms with Gasteiger partial charge in [0.2, 0.25) is 5.43 Å². The third-order valence-corrected chi connectivity index (χ3v) is 7.21. The fourth-order valence-corrected chi connectivity index (χ4v) is 5.75. The molecule has 0 spiro atoms. The average Bonchev–Trinajstić information content (AvgIpc) is 3.28. The molecule has 4 aromatic rings. The number of hydrogen-bond donors (Lipinski definition) is 3.